The molecule has 0 saturated heterocycles. The summed E-state index contributed by atoms with van der Waals surface area (Å²) >= 11 is 0. The number of hydrogen-bond donors (Lipinski definition) is 2. The number of allylic oxidation sites excluding steroid dienone is 2. The number of anilines is 1. The third-order valence-corrected chi connectivity index (χ3v) is 6.20. The number of carboxylic acids is 1. The molecule has 1 amide bonds. The molecular weight excluding hydrogens is 290 g/mol. The van der Waals surface area contributed by atoms with E-state index in [1.807, 2.05) is 38.1 Å². The van der Waals surface area contributed by atoms with Crippen molar-refractivity contribution in [1.29, 1.82) is 0 Å². The van der Waals surface area contributed by atoms with E-state index in [1.165, 1.54) is 5.56 Å². The molecule has 0 heterocycles. The van der Waals surface area contributed by atoms with Crippen LogP contribution >= 0.6 is 0 Å². The van der Waals surface area contributed by atoms with Gasteiger partial charge in [-0.3, -0.25) is 9.59 Å². The molecule has 4 atom stereocenters. The molecule has 1 aromatic carbocycles. The van der Waals surface area contributed by atoms with Crippen molar-refractivity contribution in [2.45, 2.75) is 26.7 Å². The fourth-order valence-corrected chi connectivity index (χ4v) is 4.74. The van der Waals surface area contributed by atoms with E-state index >= 15 is 0 Å². The van der Waals surface area contributed by atoms with Crippen molar-refractivity contribution in [3.8, 4) is 0 Å². The third-order valence-electron chi connectivity index (χ3n) is 6.20. The van der Waals surface area contributed by atoms with E-state index in [9.17, 15) is 14.7 Å². The normalized spacial score (nSPS) is 32.3. The summed E-state index contributed by atoms with van der Waals surface area (Å²) in [5, 5.41) is 12.6. The van der Waals surface area contributed by atoms with Crippen LogP contribution in [0.3, 0.4) is 0 Å². The molecule has 0 radical (unpaired) electrons. The first-order valence-corrected chi connectivity index (χ1v) is 8.23. The van der Waals surface area contributed by atoms with E-state index in [0.717, 1.165) is 24.1 Å². The van der Waals surface area contributed by atoms with E-state index in [4.69, 9.17) is 0 Å². The molecule has 2 N–H and O–H groups in total. The fourth-order valence-electron chi connectivity index (χ4n) is 4.74. The molecule has 4 nitrogen and oxygen atoms in total. The lowest BCUT2D eigenvalue weighted by Gasteiger charge is -2.24. The maximum Gasteiger partial charge on any atom is 0.307 e. The molecule has 0 aliphatic heterocycles. The Kier molecular flexibility index (Phi) is 2.96. The van der Waals surface area contributed by atoms with Gasteiger partial charge < -0.3 is 10.4 Å². The lowest BCUT2D eigenvalue weighted by Crippen LogP contribution is -2.36. The predicted octanol–water partition coefficient (Wildman–Crippen LogP) is 3.15. The number of nitrogens with one attached hydrogen (secondary N) is 1. The van der Waals surface area contributed by atoms with Gasteiger partial charge in [-0.2, -0.15) is 0 Å². The second kappa shape index (κ2) is 4.70. The number of aliphatic carboxylic acids is 1. The summed E-state index contributed by atoms with van der Waals surface area (Å²) in [6.45, 7) is 4.03. The van der Waals surface area contributed by atoms with Gasteiger partial charge >= 0.3 is 5.97 Å². The SMILES string of the molecule is Cc1ccc(NC(=O)[C@@H]2[C@@H](C(=O)O)[C@@H]3C=C[C@H]2C32CC2)cc1C. The number of rotatable bonds is 3. The maximum absolute atomic E-state index is 12.8. The highest BCUT2D eigenvalue weighted by Crippen LogP contribution is 2.72. The maximum atomic E-state index is 12.8. The van der Waals surface area contributed by atoms with Gasteiger partial charge in [0, 0.05) is 5.69 Å². The van der Waals surface area contributed by atoms with Crippen molar-refractivity contribution in [3.63, 3.8) is 0 Å². The number of hydrogen-bond acceptors (Lipinski definition) is 2. The van der Waals surface area contributed by atoms with Crippen LogP contribution in [0.25, 0.3) is 0 Å². The van der Waals surface area contributed by atoms with Gasteiger partial charge in [0.1, 0.15) is 0 Å². The molecule has 0 aromatic heterocycles. The van der Waals surface area contributed by atoms with E-state index in [1.54, 1.807) is 0 Å². The monoisotopic (exact) mass is 311 g/mol. The average molecular weight is 311 g/mol. The first-order chi connectivity index (χ1) is 10.9. The zero-order valence-corrected chi connectivity index (χ0v) is 13.4. The van der Waals surface area contributed by atoms with Crippen LogP contribution in [-0.4, -0.2) is 17.0 Å². The second-order valence-corrected chi connectivity index (χ2v) is 7.35. The number of carboxylic acid groups (broad SMARTS) is 1. The Morgan fingerprint density at radius 2 is 1.74 bits per heavy atom. The quantitative estimate of drug-likeness (QED) is 0.843. The van der Waals surface area contributed by atoms with Gasteiger partial charge in [0.2, 0.25) is 5.91 Å². The van der Waals surface area contributed by atoms with Crippen molar-refractivity contribution in [1.82, 2.24) is 0 Å². The first kappa shape index (κ1) is 14.5. The van der Waals surface area contributed by atoms with Gasteiger partial charge in [-0.25, -0.2) is 0 Å². The molecule has 2 bridgehead atoms. The van der Waals surface area contributed by atoms with E-state index in [2.05, 4.69) is 11.4 Å². The van der Waals surface area contributed by atoms with Crippen LogP contribution < -0.4 is 5.32 Å². The van der Waals surface area contributed by atoms with Crippen molar-refractivity contribution >= 4 is 17.6 Å². The van der Waals surface area contributed by atoms with E-state index < -0.39 is 17.8 Å². The highest BCUT2D eigenvalue weighted by molar-refractivity contribution is 5.96. The summed E-state index contributed by atoms with van der Waals surface area (Å²) in [7, 11) is 0. The van der Waals surface area contributed by atoms with Crippen LogP contribution in [0, 0.1) is 42.9 Å². The first-order valence-electron chi connectivity index (χ1n) is 8.23. The van der Waals surface area contributed by atoms with Crippen LogP contribution in [0.4, 0.5) is 5.69 Å². The van der Waals surface area contributed by atoms with E-state index in [-0.39, 0.29) is 23.2 Å². The molecule has 3 aliphatic carbocycles. The third kappa shape index (κ3) is 1.97. The molecule has 2 saturated carbocycles. The Labute approximate surface area is 135 Å². The van der Waals surface area contributed by atoms with Crippen molar-refractivity contribution < 1.29 is 14.7 Å². The Bertz CT molecular complexity index is 732. The Balaban J connectivity index is 1.61. The average Bonchev–Trinajstić information content (AvgIpc) is 3.16. The highest BCUT2D eigenvalue weighted by Gasteiger charge is 2.70. The van der Waals surface area contributed by atoms with Crippen LogP contribution in [0.2, 0.25) is 0 Å². The Hall–Kier alpha value is -2.10. The molecule has 1 spiro atoms. The molecule has 0 unspecified atom stereocenters. The molecule has 3 aliphatic rings. The molecule has 23 heavy (non-hydrogen) atoms. The molecule has 120 valence electrons. The molecular formula is C19H21NO3. The van der Waals surface area contributed by atoms with Crippen molar-refractivity contribution in [2.24, 2.45) is 29.1 Å². The summed E-state index contributed by atoms with van der Waals surface area (Å²) in [6.07, 6.45) is 6.22. The number of benzene rings is 1. The van der Waals surface area contributed by atoms with Gasteiger partial charge in [0.15, 0.2) is 0 Å². The van der Waals surface area contributed by atoms with Crippen LogP contribution in [0.15, 0.2) is 30.4 Å². The van der Waals surface area contributed by atoms with Crippen LogP contribution in [0.1, 0.15) is 24.0 Å². The van der Waals surface area contributed by atoms with Gasteiger partial charge in [-0.05, 0) is 67.2 Å². The standard InChI is InChI=1S/C19H21NO3/c1-10-3-4-12(9-11(10)2)20-17(21)15-13-5-6-14(16(15)18(22)23)19(13)7-8-19/h3-6,9,13-16H,7-8H2,1-2H3,(H,20,21)(H,22,23)/t13-,14+,15+,16+/m1/s1. The highest BCUT2D eigenvalue weighted by atomic mass is 16.4. The summed E-state index contributed by atoms with van der Waals surface area (Å²) in [5.74, 6) is -1.91. The minimum atomic E-state index is -0.839. The molecule has 4 rings (SSSR count). The van der Waals surface area contributed by atoms with Crippen molar-refractivity contribution in [2.75, 3.05) is 5.32 Å². The zero-order valence-electron chi connectivity index (χ0n) is 13.4. The van der Waals surface area contributed by atoms with Gasteiger partial charge in [-0.15, -0.1) is 0 Å². The predicted molar refractivity (Wildman–Crippen MR) is 86.9 cm³/mol. The van der Waals surface area contributed by atoms with Crippen molar-refractivity contribution in [3.05, 3.63) is 41.5 Å². The summed E-state index contributed by atoms with van der Waals surface area (Å²) in [6, 6.07) is 5.80. The Morgan fingerprint density at radius 1 is 1.09 bits per heavy atom. The molecule has 1 aromatic rings. The molecule has 2 fully saturated rings. The lowest BCUT2D eigenvalue weighted by atomic mass is 9.82. The number of amides is 1. The minimum absolute atomic E-state index is 0.0282. The summed E-state index contributed by atoms with van der Waals surface area (Å²) < 4.78 is 0. The van der Waals surface area contributed by atoms with Gasteiger partial charge in [-0.1, -0.05) is 18.2 Å². The van der Waals surface area contributed by atoms with Crippen LogP contribution in [0.5, 0.6) is 0 Å². The largest absolute Gasteiger partial charge is 0.481 e. The molecule has 4 heteroatoms. The number of aryl methyl sites for hydroxylation is 2. The second-order valence-electron chi connectivity index (χ2n) is 7.35. The minimum Gasteiger partial charge on any atom is -0.481 e. The number of carbonyl (C=O) groups is 2. The van der Waals surface area contributed by atoms with E-state index in [0.29, 0.717) is 0 Å². The zero-order chi connectivity index (χ0) is 16.4. The van der Waals surface area contributed by atoms with Gasteiger partial charge in [0.05, 0.1) is 11.8 Å². The summed E-state index contributed by atoms with van der Waals surface area (Å²) in [5.41, 5.74) is 3.10. The summed E-state index contributed by atoms with van der Waals surface area (Å²) in [4.78, 5) is 24.6. The van der Waals surface area contributed by atoms with Gasteiger partial charge in [0.25, 0.3) is 0 Å². The smallest absolute Gasteiger partial charge is 0.307 e. The Morgan fingerprint density at radius 3 is 2.30 bits per heavy atom. The number of carbonyl (C=O) groups excluding carboxylic acids is 1. The fraction of sp³-hybridized carbons (Fsp3) is 0.474. The topological polar surface area (TPSA) is 66.4 Å². The van der Waals surface area contributed by atoms with Crippen LogP contribution in [-0.2, 0) is 9.59 Å². The lowest BCUT2D eigenvalue weighted by molar-refractivity contribution is -0.146.